The standard InChI is InChI=1S/C22H19NO5S2/c1-4-11-23-20(24)19(30-22(23)29)13-14-5-10-17(18(12-14)27-3)28-21(25)15-6-8-16(26-2)9-7-15/h4-10,12-13H,1,11H2,2-3H3. The number of ether oxygens (including phenoxy) is 3. The van der Waals surface area contributed by atoms with Gasteiger partial charge < -0.3 is 14.2 Å². The van der Waals surface area contributed by atoms with Gasteiger partial charge in [-0.15, -0.1) is 6.58 Å². The van der Waals surface area contributed by atoms with Crippen molar-refractivity contribution in [2.45, 2.75) is 0 Å². The largest absolute Gasteiger partial charge is 0.497 e. The fraction of sp³-hybridized carbons (Fsp3) is 0.136. The zero-order valence-corrected chi connectivity index (χ0v) is 18.0. The first-order valence-corrected chi connectivity index (χ1v) is 10.1. The van der Waals surface area contributed by atoms with E-state index in [1.807, 2.05) is 0 Å². The smallest absolute Gasteiger partial charge is 0.343 e. The SMILES string of the molecule is C=CCN1C(=O)C(=Cc2ccc(OC(=O)c3ccc(OC)cc3)c(OC)c2)SC1=S. The Morgan fingerprint density at radius 1 is 1.13 bits per heavy atom. The van der Waals surface area contributed by atoms with E-state index in [1.165, 1.54) is 23.8 Å². The molecule has 0 spiro atoms. The third kappa shape index (κ3) is 4.72. The normalized spacial score (nSPS) is 14.7. The molecule has 1 heterocycles. The van der Waals surface area contributed by atoms with Crippen LogP contribution in [0.25, 0.3) is 6.08 Å². The summed E-state index contributed by atoms with van der Waals surface area (Å²) in [6, 6.07) is 11.6. The van der Waals surface area contributed by atoms with Gasteiger partial charge in [-0.25, -0.2) is 4.79 Å². The van der Waals surface area contributed by atoms with E-state index >= 15 is 0 Å². The lowest BCUT2D eigenvalue weighted by Crippen LogP contribution is -2.27. The molecule has 0 radical (unpaired) electrons. The van der Waals surface area contributed by atoms with Crippen molar-refractivity contribution >= 4 is 46.3 Å². The Bertz CT molecular complexity index is 1030. The molecular formula is C22H19NO5S2. The number of thioether (sulfide) groups is 1. The van der Waals surface area contributed by atoms with Crippen LogP contribution in [0, 0.1) is 0 Å². The Labute approximate surface area is 184 Å². The molecule has 30 heavy (non-hydrogen) atoms. The molecule has 3 rings (SSSR count). The van der Waals surface area contributed by atoms with Crippen molar-refractivity contribution in [1.29, 1.82) is 0 Å². The second kappa shape index (κ2) is 9.60. The lowest BCUT2D eigenvalue weighted by molar-refractivity contribution is -0.121. The molecular weight excluding hydrogens is 422 g/mol. The molecule has 6 nitrogen and oxygen atoms in total. The van der Waals surface area contributed by atoms with Gasteiger partial charge in [0, 0.05) is 6.54 Å². The minimum absolute atomic E-state index is 0.168. The number of hydrogen-bond acceptors (Lipinski definition) is 7. The number of thiocarbonyl (C=S) groups is 1. The predicted molar refractivity (Wildman–Crippen MR) is 121 cm³/mol. The number of hydrogen-bond donors (Lipinski definition) is 0. The van der Waals surface area contributed by atoms with Gasteiger partial charge in [-0.05, 0) is 48.0 Å². The number of methoxy groups -OCH3 is 2. The van der Waals surface area contributed by atoms with Crippen LogP contribution in [-0.2, 0) is 4.79 Å². The van der Waals surface area contributed by atoms with E-state index in [9.17, 15) is 9.59 Å². The Morgan fingerprint density at radius 3 is 2.50 bits per heavy atom. The summed E-state index contributed by atoms with van der Waals surface area (Å²) in [6.07, 6.45) is 3.35. The summed E-state index contributed by atoms with van der Waals surface area (Å²) >= 11 is 6.47. The van der Waals surface area contributed by atoms with Crippen molar-refractivity contribution in [3.8, 4) is 17.2 Å². The molecule has 1 amide bonds. The molecule has 2 aromatic rings. The van der Waals surface area contributed by atoms with E-state index in [0.717, 1.165) is 5.56 Å². The highest BCUT2D eigenvalue weighted by molar-refractivity contribution is 8.26. The summed E-state index contributed by atoms with van der Waals surface area (Å²) in [5.41, 5.74) is 1.10. The highest BCUT2D eigenvalue weighted by Gasteiger charge is 2.31. The number of carbonyl (C=O) groups is 2. The van der Waals surface area contributed by atoms with Gasteiger partial charge in [-0.3, -0.25) is 9.69 Å². The Balaban J connectivity index is 1.79. The molecule has 2 aromatic carbocycles. The van der Waals surface area contributed by atoms with Gasteiger partial charge in [0.1, 0.15) is 10.1 Å². The van der Waals surface area contributed by atoms with E-state index in [0.29, 0.717) is 32.8 Å². The summed E-state index contributed by atoms with van der Waals surface area (Å²) in [6.45, 7) is 4.01. The number of nitrogens with zero attached hydrogens (tertiary/aromatic N) is 1. The molecule has 0 aliphatic carbocycles. The van der Waals surface area contributed by atoms with Gasteiger partial charge in [0.25, 0.3) is 5.91 Å². The molecule has 8 heteroatoms. The van der Waals surface area contributed by atoms with Crippen molar-refractivity contribution in [1.82, 2.24) is 4.90 Å². The summed E-state index contributed by atoms with van der Waals surface area (Å²) in [5.74, 6) is 0.599. The van der Waals surface area contributed by atoms with Gasteiger partial charge in [-0.2, -0.15) is 0 Å². The van der Waals surface area contributed by atoms with Crippen molar-refractivity contribution in [3.63, 3.8) is 0 Å². The van der Waals surface area contributed by atoms with Gasteiger partial charge in [0.05, 0.1) is 24.7 Å². The molecule has 0 atom stereocenters. The van der Waals surface area contributed by atoms with Crippen LogP contribution in [0.1, 0.15) is 15.9 Å². The average Bonchev–Trinajstić information content (AvgIpc) is 3.02. The molecule has 1 saturated heterocycles. The second-order valence-corrected chi connectivity index (χ2v) is 7.79. The number of esters is 1. The van der Waals surface area contributed by atoms with E-state index in [2.05, 4.69) is 6.58 Å². The third-order valence-electron chi connectivity index (χ3n) is 4.20. The van der Waals surface area contributed by atoms with Gasteiger partial charge in [0.15, 0.2) is 11.5 Å². The summed E-state index contributed by atoms with van der Waals surface area (Å²) in [5, 5.41) is 0. The lowest BCUT2D eigenvalue weighted by atomic mass is 10.1. The average molecular weight is 442 g/mol. The lowest BCUT2D eigenvalue weighted by Gasteiger charge is -2.11. The maximum Gasteiger partial charge on any atom is 0.343 e. The first-order chi connectivity index (χ1) is 14.5. The zero-order valence-electron chi connectivity index (χ0n) is 16.4. The van der Waals surface area contributed by atoms with Crippen LogP contribution in [0.2, 0.25) is 0 Å². The van der Waals surface area contributed by atoms with E-state index in [-0.39, 0.29) is 11.7 Å². The van der Waals surface area contributed by atoms with E-state index < -0.39 is 5.97 Å². The number of carbonyl (C=O) groups excluding carboxylic acids is 2. The first-order valence-electron chi connectivity index (χ1n) is 8.87. The van der Waals surface area contributed by atoms with E-state index in [4.69, 9.17) is 26.4 Å². The number of amides is 1. The molecule has 1 aliphatic heterocycles. The molecule has 1 fully saturated rings. The van der Waals surface area contributed by atoms with Crippen molar-refractivity contribution in [3.05, 3.63) is 71.2 Å². The number of benzene rings is 2. The van der Waals surface area contributed by atoms with Crippen molar-refractivity contribution < 1.29 is 23.8 Å². The van der Waals surface area contributed by atoms with E-state index in [1.54, 1.807) is 61.7 Å². The van der Waals surface area contributed by atoms with Crippen LogP contribution in [0.15, 0.2) is 60.0 Å². The van der Waals surface area contributed by atoms with Crippen LogP contribution in [-0.4, -0.2) is 41.9 Å². The minimum Gasteiger partial charge on any atom is -0.497 e. The molecule has 0 aromatic heterocycles. The van der Waals surface area contributed by atoms with Crippen LogP contribution >= 0.6 is 24.0 Å². The maximum atomic E-state index is 12.5. The fourth-order valence-corrected chi connectivity index (χ4v) is 3.96. The monoisotopic (exact) mass is 441 g/mol. The van der Waals surface area contributed by atoms with Gasteiger partial charge >= 0.3 is 5.97 Å². The highest BCUT2D eigenvalue weighted by atomic mass is 32.2. The zero-order chi connectivity index (χ0) is 21.7. The highest BCUT2D eigenvalue weighted by Crippen LogP contribution is 2.35. The van der Waals surface area contributed by atoms with Crippen LogP contribution < -0.4 is 14.2 Å². The Kier molecular flexibility index (Phi) is 6.91. The quantitative estimate of drug-likeness (QED) is 0.209. The Hall–Kier alpha value is -3.10. The van der Waals surface area contributed by atoms with Crippen LogP contribution in [0.3, 0.4) is 0 Å². The molecule has 0 bridgehead atoms. The summed E-state index contributed by atoms with van der Waals surface area (Å²) in [7, 11) is 3.03. The minimum atomic E-state index is -0.519. The third-order valence-corrected chi connectivity index (χ3v) is 5.58. The molecule has 0 unspecified atom stereocenters. The molecule has 154 valence electrons. The fourth-order valence-electron chi connectivity index (χ4n) is 2.68. The first kappa shape index (κ1) is 21.6. The summed E-state index contributed by atoms with van der Waals surface area (Å²) < 4.78 is 16.4. The predicted octanol–water partition coefficient (Wildman–Crippen LogP) is 4.31. The number of rotatable bonds is 7. The van der Waals surface area contributed by atoms with Crippen LogP contribution in [0.5, 0.6) is 17.2 Å². The van der Waals surface area contributed by atoms with Crippen LogP contribution in [0.4, 0.5) is 0 Å². The summed E-state index contributed by atoms with van der Waals surface area (Å²) in [4.78, 5) is 26.9. The molecule has 0 saturated carbocycles. The Morgan fingerprint density at radius 2 is 1.87 bits per heavy atom. The van der Waals surface area contributed by atoms with Gasteiger partial charge in [-0.1, -0.05) is 36.1 Å². The molecule has 0 N–H and O–H groups in total. The second-order valence-electron chi connectivity index (χ2n) is 6.11. The molecule has 1 aliphatic rings. The van der Waals surface area contributed by atoms with Gasteiger partial charge in [0.2, 0.25) is 0 Å². The van der Waals surface area contributed by atoms with Crippen molar-refractivity contribution in [2.24, 2.45) is 0 Å². The maximum absolute atomic E-state index is 12.5. The van der Waals surface area contributed by atoms with Crippen molar-refractivity contribution in [2.75, 3.05) is 20.8 Å². The topological polar surface area (TPSA) is 65.1 Å².